The summed E-state index contributed by atoms with van der Waals surface area (Å²) in [7, 11) is 0. The first-order valence-corrected chi connectivity index (χ1v) is 4.78. The summed E-state index contributed by atoms with van der Waals surface area (Å²) in [5.74, 6) is -0.327. The van der Waals surface area contributed by atoms with Crippen LogP contribution in [0, 0.1) is 11.2 Å². The molecule has 2 rings (SSSR count). The van der Waals surface area contributed by atoms with Crippen LogP contribution in [0.3, 0.4) is 0 Å². The molecule has 2 nitrogen and oxygen atoms in total. The van der Waals surface area contributed by atoms with Gasteiger partial charge in [0.1, 0.15) is 5.82 Å². The van der Waals surface area contributed by atoms with E-state index in [0.717, 1.165) is 18.8 Å². The van der Waals surface area contributed by atoms with E-state index in [1.54, 1.807) is 6.07 Å². The minimum Gasteiger partial charge on any atom is -0.396 e. The number of halogens is 1. The highest BCUT2D eigenvalue weighted by Crippen LogP contribution is 2.34. The molecular weight excluding hydrogens is 179 g/mol. The van der Waals surface area contributed by atoms with Gasteiger partial charge in [0.15, 0.2) is 0 Å². The largest absolute Gasteiger partial charge is 0.396 e. The molecule has 1 saturated heterocycles. The molecule has 0 amide bonds. The lowest BCUT2D eigenvalue weighted by Crippen LogP contribution is -2.53. The summed E-state index contributed by atoms with van der Waals surface area (Å²) in [6.07, 6.45) is 0. The van der Waals surface area contributed by atoms with Crippen molar-refractivity contribution in [2.75, 3.05) is 23.7 Å². The molecule has 76 valence electrons. The van der Waals surface area contributed by atoms with Crippen LogP contribution in [0.25, 0.3) is 0 Å². The lowest BCUT2D eigenvalue weighted by Gasteiger charge is -2.47. The number of anilines is 2. The number of nitrogens with zero attached hydrogens (tertiary/aromatic N) is 1. The normalized spacial score (nSPS) is 19.2. The summed E-state index contributed by atoms with van der Waals surface area (Å²) >= 11 is 0. The Morgan fingerprint density at radius 2 is 2.00 bits per heavy atom. The van der Waals surface area contributed by atoms with E-state index >= 15 is 0 Å². The third kappa shape index (κ3) is 1.54. The molecule has 0 bridgehead atoms. The fraction of sp³-hybridized carbons (Fsp3) is 0.455. The first-order valence-electron chi connectivity index (χ1n) is 4.78. The summed E-state index contributed by atoms with van der Waals surface area (Å²) in [6.45, 7) is 6.38. The molecule has 0 unspecified atom stereocenters. The van der Waals surface area contributed by atoms with Crippen LogP contribution in [0.4, 0.5) is 15.8 Å². The van der Waals surface area contributed by atoms with Crippen molar-refractivity contribution >= 4 is 11.4 Å². The molecular formula is C11H15FN2. The average Bonchev–Trinajstić information content (AvgIpc) is 2.06. The van der Waals surface area contributed by atoms with Gasteiger partial charge < -0.3 is 10.6 Å². The second kappa shape index (κ2) is 2.87. The van der Waals surface area contributed by atoms with Gasteiger partial charge in [-0.1, -0.05) is 13.8 Å². The van der Waals surface area contributed by atoms with Gasteiger partial charge in [-0.05, 0) is 23.6 Å². The summed E-state index contributed by atoms with van der Waals surface area (Å²) < 4.78 is 13.1. The highest BCUT2D eigenvalue weighted by atomic mass is 19.1. The van der Waals surface area contributed by atoms with Gasteiger partial charge in [-0.3, -0.25) is 0 Å². The van der Waals surface area contributed by atoms with E-state index in [-0.39, 0.29) is 11.5 Å². The maximum absolute atomic E-state index is 13.1. The predicted molar refractivity (Wildman–Crippen MR) is 56.8 cm³/mol. The minimum atomic E-state index is -0.327. The number of nitrogens with two attached hydrogens (primary N) is 1. The standard InChI is InChI=1S/C11H15FN2/c1-11(2)6-14(7-11)8-3-4-10(13)9(12)5-8/h3-5H,6-7,13H2,1-2H3. The first-order chi connectivity index (χ1) is 6.48. The van der Waals surface area contributed by atoms with Gasteiger partial charge in [-0.25, -0.2) is 4.39 Å². The number of rotatable bonds is 1. The zero-order valence-corrected chi connectivity index (χ0v) is 8.55. The maximum atomic E-state index is 13.1. The molecule has 0 saturated carbocycles. The minimum absolute atomic E-state index is 0.216. The molecule has 2 N–H and O–H groups in total. The van der Waals surface area contributed by atoms with Crippen molar-refractivity contribution in [1.82, 2.24) is 0 Å². The quantitative estimate of drug-likeness (QED) is 0.695. The molecule has 0 atom stereocenters. The van der Waals surface area contributed by atoms with Crippen molar-refractivity contribution in [2.45, 2.75) is 13.8 Å². The first kappa shape index (κ1) is 9.31. The molecule has 0 aromatic heterocycles. The number of benzene rings is 1. The average molecular weight is 194 g/mol. The Kier molecular flexibility index (Phi) is 1.91. The fourth-order valence-corrected chi connectivity index (χ4v) is 1.88. The van der Waals surface area contributed by atoms with E-state index in [1.165, 1.54) is 6.07 Å². The maximum Gasteiger partial charge on any atom is 0.148 e. The fourth-order valence-electron chi connectivity index (χ4n) is 1.88. The van der Waals surface area contributed by atoms with Gasteiger partial charge >= 0.3 is 0 Å². The molecule has 1 aromatic carbocycles. The van der Waals surface area contributed by atoms with Crippen LogP contribution in [0.5, 0.6) is 0 Å². The second-order valence-corrected chi connectivity index (χ2v) is 4.73. The zero-order valence-electron chi connectivity index (χ0n) is 8.55. The molecule has 1 aliphatic rings. The molecule has 3 heteroatoms. The van der Waals surface area contributed by atoms with Crippen molar-refractivity contribution in [3.05, 3.63) is 24.0 Å². The Morgan fingerprint density at radius 3 is 2.50 bits per heavy atom. The van der Waals surface area contributed by atoms with Crippen molar-refractivity contribution in [3.63, 3.8) is 0 Å². The van der Waals surface area contributed by atoms with E-state index in [2.05, 4.69) is 18.7 Å². The molecule has 0 aliphatic carbocycles. The summed E-state index contributed by atoms with van der Waals surface area (Å²) in [5, 5.41) is 0. The van der Waals surface area contributed by atoms with Gasteiger partial charge in [0.2, 0.25) is 0 Å². The topological polar surface area (TPSA) is 29.3 Å². The van der Waals surface area contributed by atoms with E-state index in [0.29, 0.717) is 5.41 Å². The van der Waals surface area contributed by atoms with Crippen molar-refractivity contribution in [1.29, 1.82) is 0 Å². The van der Waals surface area contributed by atoms with Crippen LogP contribution >= 0.6 is 0 Å². The number of hydrogen-bond acceptors (Lipinski definition) is 2. The molecule has 14 heavy (non-hydrogen) atoms. The lowest BCUT2D eigenvalue weighted by molar-refractivity contribution is 0.276. The van der Waals surface area contributed by atoms with Crippen molar-refractivity contribution in [2.24, 2.45) is 5.41 Å². The van der Waals surface area contributed by atoms with Crippen LogP contribution < -0.4 is 10.6 Å². The molecule has 1 aliphatic heterocycles. The van der Waals surface area contributed by atoms with E-state index < -0.39 is 0 Å². The number of nitrogen functional groups attached to an aromatic ring is 1. The molecule has 1 heterocycles. The SMILES string of the molecule is CC1(C)CN(c2ccc(N)c(F)c2)C1. The van der Waals surface area contributed by atoms with Crippen molar-refractivity contribution < 1.29 is 4.39 Å². The van der Waals surface area contributed by atoms with Gasteiger partial charge in [0, 0.05) is 18.8 Å². The van der Waals surface area contributed by atoms with E-state index in [1.807, 2.05) is 6.07 Å². The highest BCUT2D eigenvalue weighted by molar-refractivity contribution is 5.55. The molecule has 0 radical (unpaired) electrons. The summed E-state index contributed by atoms with van der Waals surface area (Å²) in [5.41, 5.74) is 6.91. The summed E-state index contributed by atoms with van der Waals surface area (Å²) in [6, 6.07) is 4.99. The smallest absolute Gasteiger partial charge is 0.148 e. The lowest BCUT2D eigenvalue weighted by atomic mass is 9.84. The van der Waals surface area contributed by atoms with E-state index in [4.69, 9.17) is 5.73 Å². The Balaban J connectivity index is 2.16. The molecule has 0 spiro atoms. The third-order valence-corrected chi connectivity index (χ3v) is 2.59. The van der Waals surface area contributed by atoms with Crippen LogP contribution in [0.2, 0.25) is 0 Å². The Morgan fingerprint density at radius 1 is 1.36 bits per heavy atom. The van der Waals surface area contributed by atoms with Crippen LogP contribution in [0.15, 0.2) is 18.2 Å². The predicted octanol–water partition coefficient (Wildman–Crippen LogP) is 2.25. The van der Waals surface area contributed by atoms with Gasteiger partial charge in [0.25, 0.3) is 0 Å². The van der Waals surface area contributed by atoms with Crippen LogP contribution in [0.1, 0.15) is 13.8 Å². The Labute approximate surface area is 83.5 Å². The molecule has 1 fully saturated rings. The Bertz CT molecular complexity index is 352. The van der Waals surface area contributed by atoms with Gasteiger partial charge in [0.05, 0.1) is 5.69 Å². The monoisotopic (exact) mass is 194 g/mol. The Hall–Kier alpha value is -1.25. The summed E-state index contributed by atoms with van der Waals surface area (Å²) in [4.78, 5) is 2.16. The van der Waals surface area contributed by atoms with Crippen LogP contribution in [-0.2, 0) is 0 Å². The van der Waals surface area contributed by atoms with Gasteiger partial charge in [-0.2, -0.15) is 0 Å². The second-order valence-electron chi connectivity index (χ2n) is 4.73. The third-order valence-electron chi connectivity index (χ3n) is 2.59. The zero-order chi connectivity index (χ0) is 10.3. The van der Waals surface area contributed by atoms with Crippen LogP contribution in [-0.4, -0.2) is 13.1 Å². The molecule has 1 aromatic rings. The number of hydrogen-bond donors (Lipinski definition) is 1. The highest BCUT2D eigenvalue weighted by Gasteiger charge is 2.34. The van der Waals surface area contributed by atoms with Gasteiger partial charge in [-0.15, -0.1) is 0 Å². The van der Waals surface area contributed by atoms with E-state index in [9.17, 15) is 4.39 Å². The van der Waals surface area contributed by atoms with Crippen molar-refractivity contribution in [3.8, 4) is 0 Å².